The molecule has 2 saturated heterocycles. The van der Waals surface area contributed by atoms with Gasteiger partial charge in [0, 0.05) is 13.1 Å². The molecule has 0 bridgehead atoms. The molecule has 0 radical (unpaired) electrons. The van der Waals surface area contributed by atoms with Crippen LogP contribution >= 0.6 is 0 Å². The lowest BCUT2D eigenvalue weighted by molar-refractivity contribution is -0.144. The molecule has 3 aliphatic rings. The Morgan fingerprint density at radius 1 is 1.03 bits per heavy atom. The van der Waals surface area contributed by atoms with Crippen molar-refractivity contribution < 1.29 is 24.0 Å². The van der Waals surface area contributed by atoms with Gasteiger partial charge in [-0.25, -0.2) is 4.79 Å². The second-order valence-electron chi connectivity index (χ2n) is 11.2. The lowest BCUT2D eigenvalue weighted by Crippen LogP contribution is -2.58. The molecule has 1 aliphatic carbocycles. The van der Waals surface area contributed by atoms with Crippen molar-refractivity contribution in [3.8, 4) is 0 Å². The smallest absolute Gasteiger partial charge is 0.312 e. The van der Waals surface area contributed by atoms with Gasteiger partial charge in [0.1, 0.15) is 12.1 Å². The van der Waals surface area contributed by atoms with E-state index in [1.165, 1.54) is 0 Å². The van der Waals surface area contributed by atoms with Crippen molar-refractivity contribution in [2.75, 3.05) is 13.1 Å². The third kappa shape index (κ3) is 6.37. The molecule has 2 aliphatic heterocycles. The number of piperidine rings is 1. The Labute approximate surface area is 213 Å². The number of nitrogens with two attached hydrogens (primary N) is 1. The van der Waals surface area contributed by atoms with Crippen molar-refractivity contribution in [1.29, 1.82) is 0 Å². The van der Waals surface area contributed by atoms with Crippen LogP contribution in [0.3, 0.4) is 0 Å². The zero-order valence-corrected chi connectivity index (χ0v) is 21.9. The average Bonchev–Trinajstić information content (AvgIpc) is 3.16. The fourth-order valence-corrected chi connectivity index (χ4v) is 6.03. The Bertz CT molecular complexity index is 860. The molecule has 0 aromatic carbocycles. The minimum atomic E-state index is -0.931. The molecule has 36 heavy (non-hydrogen) atoms. The minimum absolute atomic E-state index is 0.0424. The summed E-state index contributed by atoms with van der Waals surface area (Å²) in [6, 6.07) is -3.24. The zero-order chi connectivity index (χ0) is 26.5. The summed E-state index contributed by atoms with van der Waals surface area (Å²) in [4.78, 5) is 65.8. The number of ketones is 1. The second-order valence-corrected chi connectivity index (χ2v) is 11.2. The van der Waals surface area contributed by atoms with E-state index in [0.29, 0.717) is 32.4 Å². The number of primary amides is 1. The number of hydrogen-bond donors (Lipinski definition) is 4. The molecule has 5 N–H and O–H groups in total. The highest BCUT2D eigenvalue weighted by molar-refractivity contribution is 6.38. The van der Waals surface area contributed by atoms with Crippen molar-refractivity contribution in [2.24, 2.45) is 23.0 Å². The first kappa shape index (κ1) is 27.9. The first-order chi connectivity index (χ1) is 17.1. The van der Waals surface area contributed by atoms with E-state index in [2.05, 4.69) is 29.8 Å². The number of amides is 5. The number of rotatable bonds is 5. The molecular formula is C26H43N5O5. The molecule has 0 spiro atoms. The van der Waals surface area contributed by atoms with Crippen LogP contribution in [0.4, 0.5) is 4.79 Å². The number of carbonyl (C=O) groups excluding carboxylic acids is 5. The van der Waals surface area contributed by atoms with Crippen LogP contribution in [0.15, 0.2) is 0 Å². The third-order valence-electron chi connectivity index (χ3n) is 8.25. The van der Waals surface area contributed by atoms with E-state index < -0.39 is 41.8 Å². The Morgan fingerprint density at radius 3 is 2.25 bits per heavy atom. The highest BCUT2D eigenvalue weighted by Crippen LogP contribution is 2.64. The molecule has 1 saturated carbocycles. The number of nitrogens with one attached hydrogen (secondary N) is 3. The van der Waals surface area contributed by atoms with Gasteiger partial charge in [-0.05, 0) is 36.5 Å². The van der Waals surface area contributed by atoms with Gasteiger partial charge in [-0.1, -0.05) is 65.7 Å². The molecule has 5 atom stereocenters. The number of Topliss-reactive ketones (excluding diaryl/α,β-unsaturated/α-hetero) is 1. The van der Waals surface area contributed by atoms with E-state index in [1.807, 2.05) is 6.92 Å². The standard InChI is InChI=1S/C26H43N5O5/c1-4-14-28-23(34)21(32)17-12-10-8-6-5-7-9-11-13-18(30-25(27)36)24(35)31-15-16-19(26(16,2)3)20(31)22(33)29-17/h16-20H,4-15H2,1-3H3,(H,28,34)(H,29,33)(H3,27,30,36)/t16-,17-,18-,19-,20-/m0/s1. The monoisotopic (exact) mass is 505 g/mol. The molecule has 2 heterocycles. The van der Waals surface area contributed by atoms with Gasteiger partial charge in [0.05, 0.1) is 6.04 Å². The highest BCUT2D eigenvalue weighted by Gasteiger charge is 2.69. The highest BCUT2D eigenvalue weighted by atomic mass is 16.2. The quantitative estimate of drug-likeness (QED) is 0.419. The van der Waals surface area contributed by atoms with Gasteiger partial charge in [-0.15, -0.1) is 0 Å². The molecular weight excluding hydrogens is 462 g/mol. The van der Waals surface area contributed by atoms with Crippen LogP contribution in [0.5, 0.6) is 0 Å². The molecule has 3 rings (SSSR count). The van der Waals surface area contributed by atoms with Gasteiger partial charge >= 0.3 is 6.03 Å². The van der Waals surface area contributed by atoms with E-state index in [1.54, 1.807) is 4.90 Å². The van der Waals surface area contributed by atoms with Gasteiger partial charge < -0.3 is 26.6 Å². The summed E-state index contributed by atoms with van der Waals surface area (Å²) in [5.41, 5.74) is 5.26. The van der Waals surface area contributed by atoms with Crippen molar-refractivity contribution in [1.82, 2.24) is 20.9 Å². The predicted octanol–water partition coefficient (Wildman–Crippen LogP) is 1.61. The molecule has 10 nitrogen and oxygen atoms in total. The maximum absolute atomic E-state index is 13.6. The predicted molar refractivity (Wildman–Crippen MR) is 135 cm³/mol. The summed E-state index contributed by atoms with van der Waals surface area (Å²) < 4.78 is 0. The maximum Gasteiger partial charge on any atom is 0.312 e. The van der Waals surface area contributed by atoms with Crippen LogP contribution in [0.1, 0.15) is 85.0 Å². The lowest BCUT2D eigenvalue weighted by atomic mass is 9.96. The topological polar surface area (TPSA) is 151 Å². The van der Waals surface area contributed by atoms with Crippen molar-refractivity contribution >= 4 is 29.5 Å². The summed E-state index contributed by atoms with van der Waals surface area (Å²) in [5, 5.41) is 8.04. The average molecular weight is 506 g/mol. The number of urea groups is 1. The van der Waals surface area contributed by atoms with Crippen LogP contribution in [0.2, 0.25) is 0 Å². The fourth-order valence-electron chi connectivity index (χ4n) is 6.03. The summed E-state index contributed by atoms with van der Waals surface area (Å²) >= 11 is 0. The molecule has 5 amide bonds. The van der Waals surface area contributed by atoms with Crippen LogP contribution in [-0.4, -0.2) is 65.7 Å². The van der Waals surface area contributed by atoms with Gasteiger partial charge in [-0.3, -0.25) is 19.2 Å². The fraction of sp³-hybridized carbons (Fsp3) is 0.808. The summed E-state index contributed by atoms with van der Waals surface area (Å²) in [6.45, 7) is 6.87. The van der Waals surface area contributed by atoms with E-state index in [0.717, 1.165) is 44.9 Å². The molecule has 3 fully saturated rings. The third-order valence-corrected chi connectivity index (χ3v) is 8.25. The lowest BCUT2D eigenvalue weighted by Gasteiger charge is -2.33. The van der Waals surface area contributed by atoms with Crippen molar-refractivity contribution in [3.63, 3.8) is 0 Å². The van der Waals surface area contributed by atoms with E-state index in [4.69, 9.17) is 5.73 Å². The molecule has 0 aromatic heterocycles. The first-order valence-corrected chi connectivity index (χ1v) is 13.6. The summed E-state index contributed by atoms with van der Waals surface area (Å²) in [7, 11) is 0. The Balaban J connectivity index is 1.85. The first-order valence-electron chi connectivity index (χ1n) is 13.6. The molecule has 0 aromatic rings. The van der Waals surface area contributed by atoms with Crippen molar-refractivity contribution in [3.05, 3.63) is 0 Å². The van der Waals surface area contributed by atoms with Crippen LogP contribution < -0.4 is 21.7 Å². The minimum Gasteiger partial charge on any atom is -0.352 e. The number of fused-ring (bicyclic) bond motifs is 3. The molecule has 202 valence electrons. The summed E-state index contributed by atoms with van der Waals surface area (Å²) in [5.74, 6) is -1.93. The molecule has 10 heteroatoms. The zero-order valence-electron chi connectivity index (χ0n) is 21.9. The Hall–Kier alpha value is -2.65. The number of carbonyl (C=O) groups is 5. The Kier molecular flexibility index (Phi) is 9.35. The van der Waals surface area contributed by atoms with Gasteiger partial charge in [0.25, 0.3) is 5.91 Å². The van der Waals surface area contributed by atoms with Crippen LogP contribution in [0.25, 0.3) is 0 Å². The Morgan fingerprint density at radius 2 is 1.64 bits per heavy atom. The van der Waals surface area contributed by atoms with Crippen LogP contribution in [0, 0.1) is 17.3 Å². The van der Waals surface area contributed by atoms with Crippen LogP contribution in [-0.2, 0) is 19.2 Å². The van der Waals surface area contributed by atoms with E-state index in [-0.39, 0.29) is 23.2 Å². The number of nitrogens with zero attached hydrogens (tertiary/aromatic N) is 1. The SMILES string of the molecule is CCCNC(=O)C(=O)[C@@H]1CCCCCCCCC[C@H](NC(N)=O)C(=O)N2C[C@H]3[C@@H]([C@H]2C(=O)N1)C3(C)C. The summed E-state index contributed by atoms with van der Waals surface area (Å²) in [6.07, 6.45) is 7.94. The van der Waals surface area contributed by atoms with Gasteiger partial charge in [-0.2, -0.15) is 0 Å². The van der Waals surface area contributed by atoms with Gasteiger partial charge in [0.2, 0.25) is 17.6 Å². The van der Waals surface area contributed by atoms with E-state index >= 15 is 0 Å². The maximum atomic E-state index is 13.6. The van der Waals surface area contributed by atoms with Crippen molar-refractivity contribution in [2.45, 2.75) is 103 Å². The molecule has 0 unspecified atom stereocenters. The second kappa shape index (κ2) is 12.1. The van der Waals surface area contributed by atoms with Gasteiger partial charge in [0.15, 0.2) is 0 Å². The number of hydrogen-bond acceptors (Lipinski definition) is 5. The normalized spacial score (nSPS) is 31.0. The largest absolute Gasteiger partial charge is 0.352 e. The van der Waals surface area contributed by atoms with E-state index in [9.17, 15) is 24.0 Å².